The summed E-state index contributed by atoms with van der Waals surface area (Å²) in [6, 6.07) is 10.7. The van der Waals surface area contributed by atoms with E-state index in [-0.39, 0.29) is 0 Å². The second-order valence-corrected chi connectivity index (χ2v) is 7.83. The number of anilines is 1. The smallest absolute Gasteiger partial charge is 0.250 e. The summed E-state index contributed by atoms with van der Waals surface area (Å²) < 4.78 is 2.22. The van der Waals surface area contributed by atoms with E-state index in [1.54, 1.807) is 0 Å². The number of hydrogen-bond acceptors (Lipinski definition) is 2. The number of nitrogens with zero attached hydrogens (tertiary/aromatic N) is 2. The van der Waals surface area contributed by atoms with Gasteiger partial charge in [0.25, 0.3) is 0 Å². The van der Waals surface area contributed by atoms with E-state index in [1.807, 2.05) is 6.07 Å². The van der Waals surface area contributed by atoms with Gasteiger partial charge in [-0.25, -0.2) is 0 Å². The molecule has 2 N–H and O–H groups in total. The molecule has 0 aliphatic carbocycles. The molecule has 0 spiro atoms. The van der Waals surface area contributed by atoms with Crippen LogP contribution in [0.3, 0.4) is 0 Å². The molecule has 0 bridgehead atoms. The lowest BCUT2D eigenvalue weighted by Crippen LogP contribution is -2.30. The van der Waals surface area contributed by atoms with Gasteiger partial charge in [-0.05, 0) is 49.8 Å². The zero-order valence-electron chi connectivity index (χ0n) is 17.0. The van der Waals surface area contributed by atoms with Crippen molar-refractivity contribution in [2.45, 2.75) is 59.8 Å². The van der Waals surface area contributed by atoms with E-state index in [1.165, 1.54) is 18.4 Å². The van der Waals surface area contributed by atoms with Gasteiger partial charge < -0.3 is 5.32 Å². The Morgan fingerprint density at radius 3 is 2.70 bits per heavy atom. The molecule has 0 amide bonds. The van der Waals surface area contributed by atoms with Gasteiger partial charge in [0.15, 0.2) is 0 Å². The number of aromatic nitrogens is 2. The highest BCUT2D eigenvalue weighted by atomic mass is 15.1. The zero-order chi connectivity index (χ0) is 19.4. The lowest BCUT2D eigenvalue weighted by molar-refractivity contribution is -0.465. The van der Waals surface area contributed by atoms with Crippen LogP contribution in [0.4, 0.5) is 5.82 Å². The first-order valence-electron chi connectivity index (χ1n) is 10.2. The van der Waals surface area contributed by atoms with Gasteiger partial charge in [0.2, 0.25) is 11.5 Å². The van der Waals surface area contributed by atoms with E-state index in [2.05, 4.69) is 66.7 Å². The Balaban J connectivity index is 2.23. The standard InChI is InChI=1S/C23H30N4/c1-5-6-9-14-25-22-18(13-12-16(2)3)17(4)19(15-24)23-26-20-10-7-8-11-21(20)27(22)23/h7-8,10-11,16H,5-6,9,12-14H2,1-4H3,(H,25,26)/p+1. The van der Waals surface area contributed by atoms with Gasteiger partial charge in [0, 0.05) is 5.56 Å². The van der Waals surface area contributed by atoms with Crippen molar-refractivity contribution in [2.24, 2.45) is 5.92 Å². The lowest BCUT2D eigenvalue weighted by atomic mass is 9.96. The summed E-state index contributed by atoms with van der Waals surface area (Å²) in [5.41, 5.74) is 6.20. The maximum atomic E-state index is 9.88. The van der Waals surface area contributed by atoms with E-state index in [0.717, 1.165) is 59.4 Å². The van der Waals surface area contributed by atoms with Crippen LogP contribution in [0.1, 0.15) is 63.1 Å². The fourth-order valence-corrected chi connectivity index (χ4v) is 3.77. The molecule has 1 aromatic carbocycles. The molecule has 0 saturated heterocycles. The summed E-state index contributed by atoms with van der Waals surface area (Å²) in [5.74, 6) is 1.78. The summed E-state index contributed by atoms with van der Waals surface area (Å²) in [6.07, 6.45) is 5.69. The molecule has 0 fully saturated rings. The minimum absolute atomic E-state index is 0.631. The summed E-state index contributed by atoms with van der Waals surface area (Å²) in [6.45, 7) is 9.79. The molecule has 4 nitrogen and oxygen atoms in total. The molecular weight excluding hydrogens is 332 g/mol. The average Bonchev–Trinajstić information content (AvgIpc) is 3.03. The second kappa shape index (κ2) is 8.43. The topological polar surface area (TPSA) is 55.7 Å². The van der Waals surface area contributed by atoms with E-state index >= 15 is 0 Å². The predicted molar refractivity (Wildman–Crippen MR) is 112 cm³/mol. The van der Waals surface area contributed by atoms with Crippen LogP contribution in [0.2, 0.25) is 0 Å². The molecule has 3 rings (SSSR count). The molecule has 27 heavy (non-hydrogen) atoms. The number of hydrogen-bond donors (Lipinski definition) is 2. The Labute approximate surface area is 162 Å². The number of para-hydroxylation sites is 2. The highest BCUT2D eigenvalue weighted by molar-refractivity contribution is 5.78. The largest absolute Gasteiger partial charge is 0.305 e. The number of fused-ring (bicyclic) bond motifs is 3. The summed E-state index contributed by atoms with van der Waals surface area (Å²) >= 11 is 0. The maximum absolute atomic E-state index is 9.88. The molecule has 4 heteroatoms. The summed E-state index contributed by atoms with van der Waals surface area (Å²) in [5, 5.41) is 13.6. The van der Waals surface area contributed by atoms with Crippen molar-refractivity contribution in [3.63, 3.8) is 0 Å². The van der Waals surface area contributed by atoms with E-state index < -0.39 is 0 Å². The van der Waals surface area contributed by atoms with Crippen molar-refractivity contribution in [3.05, 3.63) is 41.0 Å². The van der Waals surface area contributed by atoms with Crippen LogP contribution in [0, 0.1) is 24.2 Å². The van der Waals surface area contributed by atoms with Crippen molar-refractivity contribution in [1.29, 1.82) is 5.26 Å². The second-order valence-electron chi connectivity index (χ2n) is 7.83. The first-order valence-corrected chi connectivity index (χ1v) is 10.2. The number of aromatic amines is 1. The van der Waals surface area contributed by atoms with Crippen LogP contribution in [-0.2, 0) is 6.42 Å². The van der Waals surface area contributed by atoms with Gasteiger partial charge in [0.1, 0.15) is 22.7 Å². The Morgan fingerprint density at radius 1 is 1.22 bits per heavy atom. The Hall–Kier alpha value is -2.54. The Bertz CT molecular complexity index is 976. The number of imidazole rings is 1. The number of nitrogens with one attached hydrogen (secondary N) is 2. The molecule has 0 atom stereocenters. The quantitative estimate of drug-likeness (QED) is 0.423. The molecular formula is C23H31N4+. The Morgan fingerprint density at radius 2 is 2.00 bits per heavy atom. The number of benzene rings is 1. The first kappa shape index (κ1) is 19.2. The highest BCUT2D eigenvalue weighted by Gasteiger charge is 2.25. The van der Waals surface area contributed by atoms with Crippen LogP contribution in [0.15, 0.2) is 24.3 Å². The predicted octanol–water partition coefficient (Wildman–Crippen LogP) is 5.28. The maximum Gasteiger partial charge on any atom is 0.250 e. The normalized spacial score (nSPS) is 11.4. The molecule has 3 aromatic rings. The molecule has 0 unspecified atom stereocenters. The van der Waals surface area contributed by atoms with E-state index in [9.17, 15) is 5.26 Å². The average molecular weight is 364 g/mol. The third-order valence-electron chi connectivity index (χ3n) is 5.35. The van der Waals surface area contributed by atoms with Gasteiger partial charge in [-0.3, -0.25) is 4.98 Å². The van der Waals surface area contributed by atoms with E-state index in [0.29, 0.717) is 5.92 Å². The summed E-state index contributed by atoms with van der Waals surface area (Å²) in [4.78, 5) is 3.47. The number of H-pyrrole nitrogens is 1. The van der Waals surface area contributed by atoms with Gasteiger partial charge in [0.05, 0.1) is 6.54 Å². The van der Waals surface area contributed by atoms with Crippen molar-refractivity contribution < 1.29 is 4.40 Å². The SMILES string of the molecule is CCCCCNc1c(CCC(C)C)c(C)c(C#N)c2[nH]c3ccccc3[n+]12. The minimum atomic E-state index is 0.631. The molecule has 0 saturated carbocycles. The number of nitriles is 1. The number of pyridine rings is 1. The van der Waals surface area contributed by atoms with Crippen LogP contribution in [0.5, 0.6) is 0 Å². The van der Waals surface area contributed by atoms with Crippen molar-refractivity contribution in [2.75, 3.05) is 11.9 Å². The van der Waals surface area contributed by atoms with Crippen molar-refractivity contribution >= 4 is 22.5 Å². The molecule has 2 aromatic heterocycles. The third-order valence-corrected chi connectivity index (χ3v) is 5.35. The van der Waals surface area contributed by atoms with Gasteiger partial charge >= 0.3 is 0 Å². The van der Waals surface area contributed by atoms with Gasteiger partial charge in [-0.15, -0.1) is 0 Å². The molecule has 2 heterocycles. The monoisotopic (exact) mass is 363 g/mol. The van der Waals surface area contributed by atoms with Crippen LogP contribution < -0.4 is 9.72 Å². The van der Waals surface area contributed by atoms with Gasteiger partial charge in [-0.1, -0.05) is 45.7 Å². The Kier molecular flexibility index (Phi) is 6.01. The first-order chi connectivity index (χ1) is 13.1. The van der Waals surface area contributed by atoms with Crippen molar-refractivity contribution in [3.8, 4) is 6.07 Å². The fraction of sp³-hybridized carbons (Fsp3) is 0.478. The molecule has 142 valence electrons. The minimum Gasteiger partial charge on any atom is -0.305 e. The lowest BCUT2D eigenvalue weighted by Gasteiger charge is -2.15. The van der Waals surface area contributed by atoms with Crippen molar-refractivity contribution in [1.82, 2.24) is 4.98 Å². The highest BCUT2D eigenvalue weighted by Crippen LogP contribution is 2.27. The molecule has 0 radical (unpaired) electrons. The van der Waals surface area contributed by atoms with Crippen LogP contribution in [-0.4, -0.2) is 11.5 Å². The van der Waals surface area contributed by atoms with Crippen LogP contribution in [0.25, 0.3) is 16.7 Å². The fourth-order valence-electron chi connectivity index (χ4n) is 3.77. The molecule has 0 aliphatic rings. The number of unbranched alkanes of at least 4 members (excludes halogenated alkanes) is 2. The van der Waals surface area contributed by atoms with E-state index in [4.69, 9.17) is 0 Å². The van der Waals surface area contributed by atoms with Gasteiger partial charge in [-0.2, -0.15) is 9.66 Å². The zero-order valence-corrected chi connectivity index (χ0v) is 17.0. The summed E-state index contributed by atoms with van der Waals surface area (Å²) in [7, 11) is 0. The third kappa shape index (κ3) is 3.78. The molecule has 0 aliphatic heterocycles. The number of rotatable bonds is 8. The van der Waals surface area contributed by atoms with Crippen LogP contribution >= 0.6 is 0 Å².